The van der Waals surface area contributed by atoms with E-state index in [2.05, 4.69) is 40.3 Å². The van der Waals surface area contributed by atoms with Crippen LogP contribution < -0.4 is 10.1 Å². The molecule has 0 spiro atoms. The molecule has 0 amide bonds. The summed E-state index contributed by atoms with van der Waals surface area (Å²) in [4.78, 5) is 0. The first kappa shape index (κ1) is 16.0. The molecule has 4 heteroatoms. The van der Waals surface area contributed by atoms with Gasteiger partial charge in [0.2, 0.25) is 0 Å². The Morgan fingerprint density at radius 3 is 2.52 bits per heavy atom. The lowest BCUT2D eigenvalue weighted by molar-refractivity contribution is 0.395. The Labute approximate surface area is 133 Å². The van der Waals surface area contributed by atoms with Crippen LogP contribution in [0.4, 0.5) is 4.39 Å². The van der Waals surface area contributed by atoms with Gasteiger partial charge in [-0.15, -0.1) is 0 Å². The van der Waals surface area contributed by atoms with Crippen molar-refractivity contribution in [1.29, 1.82) is 0 Å². The monoisotopic (exact) mass is 351 g/mol. The van der Waals surface area contributed by atoms with E-state index in [9.17, 15) is 4.39 Å². The van der Waals surface area contributed by atoms with Crippen LogP contribution in [0.2, 0.25) is 0 Å². The van der Waals surface area contributed by atoms with Crippen LogP contribution >= 0.6 is 15.9 Å². The van der Waals surface area contributed by atoms with Gasteiger partial charge in [0, 0.05) is 22.1 Å². The van der Waals surface area contributed by atoms with Gasteiger partial charge in [-0.1, -0.05) is 28.1 Å². The van der Waals surface area contributed by atoms with Crippen molar-refractivity contribution in [3.8, 4) is 5.75 Å². The third-order valence-electron chi connectivity index (χ3n) is 3.51. The van der Waals surface area contributed by atoms with Gasteiger partial charge in [0.25, 0.3) is 0 Å². The van der Waals surface area contributed by atoms with Crippen LogP contribution in [-0.2, 0) is 0 Å². The van der Waals surface area contributed by atoms with Crippen molar-refractivity contribution < 1.29 is 9.13 Å². The maximum atomic E-state index is 13.5. The molecule has 0 aliphatic carbocycles. The summed E-state index contributed by atoms with van der Waals surface area (Å²) in [5, 5.41) is 3.47. The molecule has 0 heterocycles. The van der Waals surface area contributed by atoms with Gasteiger partial charge >= 0.3 is 0 Å². The molecule has 0 saturated heterocycles. The second kappa shape index (κ2) is 7.05. The summed E-state index contributed by atoms with van der Waals surface area (Å²) >= 11 is 3.48. The van der Waals surface area contributed by atoms with Crippen molar-refractivity contribution in [2.75, 3.05) is 7.11 Å². The molecular formula is C17H19BrFNO. The van der Waals surface area contributed by atoms with Crippen LogP contribution in [0.3, 0.4) is 0 Å². The first-order valence-corrected chi connectivity index (χ1v) is 7.65. The first-order valence-electron chi connectivity index (χ1n) is 6.86. The number of rotatable bonds is 5. The molecule has 0 aliphatic heterocycles. The van der Waals surface area contributed by atoms with Crippen molar-refractivity contribution in [2.24, 2.45) is 0 Å². The Morgan fingerprint density at radius 1 is 1.10 bits per heavy atom. The summed E-state index contributed by atoms with van der Waals surface area (Å²) in [6, 6.07) is 12.9. The molecule has 2 nitrogen and oxygen atoms in total. The van der Waals surface area contributed by atoms with E-state index in [1.807, 2.05) is 19.1 Å². The molecule has 2 aromatic rings. The summed E-state index contributed by atoms with van der Waals surface area (Å²) in [7, 11) is 1.60. The molecule has 2 unspecified atom stereocenters. The number of ether oxygens (including phenoxy) is 1. The van der Waals surface area contributed by atoms with E-state index in [1.165, 1.54) is 17.7 Å². The lowest BCUT2D eigenvalue weighted by Gasteiger charge is -2.22. The van der Waals surface area contributed by atoms with E-state index < -0.39 is 0 Å². The smallest absolute Gasteiger partial charge is 0.123 e. The predicted octanol–water partition coefficient (Wildman–Crippen LogP) is 5.01. The fraction of sp³-hybridized carbons (Fsp3) is 0.294. The summed E-state index contributed by atoms with van der Waals surface area (Å²) in [6.45, 7) is 4.09. The highest BCUT2D eigenvalue weighted by molar-refractivity contribution is 9.10. The number of benzene rings is 2. The summed E-state index contributed by atoms with van der Waals surface area (Å²) in [6.07, 6.45) is 0. The van der Waals surface area contributed by atoms with Crippen molar-refractivity contribution in [1.82, 2.24) is 5.32 Å². The van der Waals surface area contributed by atoms with E-state index in [4.69, 9.17) is 4.74 Å². The Bertz CT molecular complexity index is 617. The van der Waals surface area contributed by atoms with Gasteiger partial charge in [-0.2, -0.15) is 0 Å². The Hall–Kier alpha value is -1.39. The average molecular weight is 352 g/mol. The molecule has 0 fully saturated rings. The highest BCUT2D eigenvalue weighted by Crippen LogP contribution is 2.28. The second-order valence-electron chi connectivity index (χ2n) is 5.05. The molecule has 2 atom stereocenters. The van der Waals surface area contributed by atoms with Crippen molar-refractivity contribution in [3.05, 3.63) is 63.9 Å². The largest absolute Gasteiger partial charge is 0.496 e. The minimum absolute atomic E-state index is 0.0235. The van der Waals surface area contributed by atoms with Crippen LogP contribution in [0.15, 0.2) is 46.9 Å². The van der Waals surface area contributed by atoms with Crippen molar-refractivity contribution in [3.63, 3.8) is 0 Å². The van der Waals surface area contributed by atoms with E-state index in [0.29, 0.717) is 5.75 Å². The zero-order valence-electron chi connectivity index (χ0n) is 12.4. The number of nitrogens with one attached hydrogen (secondary N) is 1. The Morgan fingerprint density at radius 2 is 1.86 bits per heavy atom. The van der Waals surface area contributed by atoms with Gasteiger partial charge in [0.1, 0.15) is 11.6 Å². The predicted molar refractivity (Wildman–Crippen MR) is 87.1 cm³/mol. The third-order valence-corrected chi connectivity index (χ3v) is 4.00. The third kappa shape index (κ3) is 4.05. The van der Waals surface area contributed by atoms with E-state index in [-0.39, 0.29) is 17.9 Å². The van der Waals surface area contributed by atoms with Gasteiger partial charge in [-0.05, 0) is 49.7 Å². The van der Waals surface area contributed by atoms with E-state index >= 15 is 0 Å². The minimum atomic E-state index is -0.255. The molecule has 0 radical (unpaired) electrons. The Balaban J connectivity index is 2.17. The molecule has 0 aromatic heterocycles. The molecule has 1 N–H and O–H groups in total. The molecule has 0 saturated carbocycles. The van der Waals surface area contributed by atoms with Crippen molar-refractivity contribution >= 4 is 15.9 Å². The zero-order valence-corrected chi connectivity index (χ0v) is 13.9. The first-order chi connectivity index (χ1) is 10.0. The summed E-state index contributed by atoms with van der Waals surface area (Å²) < 4.78 is 19.8. The van der Waals surface area contributed by atoms with E-state index in [0.717, 1.165) is 10.0 Å². The molecule has 0 bridgehead atoms. The summed E-state index contributed by atoms with van der Waals surface area (Å²) in [5.74, 6) is 0.437. The molecule has 0 aliphatic rings. The van der Waals surface area contributed by atoms with Crippen LogP contribution in [0.5, 0.6) is 5.75 Å². The van der Waals surface area contributed by atoms with Gasteiger partial charge in [0.15, 0.2) is 0 Å². The molecule has 112 valence electrons. The molecule has 21 heavy (non-hydrogen) atoms. The van der Waals surface area contributed by atoms with Crippen molar-refractivity contribution in [2.45, 2.75) is 25.9 Å². The quantitative estimate of drug-likeness (QED) is 0.817. The van der Waals surface area contributed by atoms with Gasteiger partial charge in [-0.3, -0.25) is 0 Å². The topological polar surface area (TPSA) is 21.3 Å². The standard InChI is InChI=1S/C17H19BrFNO/c1-11(13-5-4-6-14(18)9-13)20-12(2)16-10-15(19)7-8-17(16)21-3/h4-12,20H,1-3H3. The molecule has 2 aromatic carbocycles. The summed E-state index contributed by atoms with van der Waals surface area (Å²) in [5.41, 5.74) is 1.99. The van der Waals surface area contributed by atoms with E-state index in [1.54, 1.807) is 13.2 Å². The zero-order chi connectivity index (χ0) is 15.4. The van der Waals surface area contributed by atoms with Crippen LogP contribution in [0.1, 0.15) is 37.1 Å². The minimum Gasteiger partial charge on any atom is -0.496 e. The maximum Gasteiger partial charge on any atom is 0.123 e. The fourth-order valence-electron chi connectivity index (χ4n) is 2.38. The lowest BCUT2D eigenvalue weighted by atomic mass is 10.0. The average Bonchev–Trinajstić information content (AvgIpc) is 2.47. The van der Waals surface area contributed by atoms with Gasteiger partial charge < -0.3 is 10.1 Å². The van der Waals surface area contributed by atoms with Crippen LogP contribution in [-0.4, -0.2) is 7.11 Å². The number of hydrogen-bond donors (Lipinski definition) is 1. The lowest BCUT2D eigenvalue weighted by Crippen LogP contribution is -2.23. The highest BCUT2D eigenvalue weighted by Gasteiger charge is 2.15. The van der Waals surface area contributed by atoms with Crippen LogP contribution in [0, 0.1) is 5.82 Å². The second-order valence-corrected chi connectivity index (χ2v) is 5.97. The molecule has 2 rings (SSSR count). The fourth-order valence-corrected chi connectivity index (χ4v) is 2.80. The maximum absolute atomic E-state index is 13.5. The van der Waals surface area contributed by atoms with Gasteiger partial charge in [-0.25, -0.2) is 4.39 Å². The number of methoxy groups -OCH3 is 1. The SMILES string of the molecule is COc1ccc(F)cc1C(C)NC(C)c1cccc(Br)c1. The van der Waals surface area contributed by atoms with Gasteiger partial charge in [0.05, 0.1) is 7.11 Å². The highest BCUT2D eigenvalue weighted by atomic mass is 79.9. The number of halogens is 2. The van der Waals surface area contributed by atoms with Crippen LogP contribution in [0.25, 0.3) is 0 Å². The Kier molecular flexibility index (Phi) is 5.37. The number of hydrogen-bond acceptors (Lipinski definition) is 2. The normalized spacial score (nSPS) is 13.8. The molecular weight excluding hydrogens is 333 g/mol.